The van der Waals surface area contributed by atoms with Crippen LogP contribution in [-0.2, 0) is 4.79 Å². The summed E-state index contributed by atoms with van der Waals surface area (Å²) in [6.45, 7) is 1.96. The van der Waals surface area contributed by atoms with Crippen molar-refractivity contribution < 1.29 is 14.6 Å². The lowest BCUT2D eigenvalue weighted by Gasteiger charge is -2.10. The Morgan fingerprint density at radius 1 is 1.50 bits per heavy atom. The molecule has 96 valence electrons. The summed E-state index contributed by atoms with van der Waals surface area (Å²) in [5.41, 5.74) is 0.540. The van der Waals surface area contributed by atoms with Crippen LogP contribution >= 0.6 is 0 Å². The van der Waals surface area contributed by atoms with E-state index in [1.165, 1.54) is 0 Å². The Labute approximate surface area is 106 Å². The number of hydrogen-bond acceptors (Lipinski definition) is 4. The molecule has 0 saturated heterocycles. The third-order valence-electron chi connectivity index (χ3n) is 2.36. The first-order chi connectivity index (χ1) is 8.65. The number of hydrogen-bond donors (Lipinski definition) is 2. The van der Waals surface area contributed by atoms with Gasteiger partial charge in [0.2, 0.25) is 0 Å². The predicted molar refractivity (Wildman–Crippen MR) is 66.0 cm³/mol. The lowest BCUT2D eigenvalue weighted by Crippen LogP contribution is -2.35. The highest BCUT2D eigenvalue weighted by molar-refractivity contribution is 5.77. The van der Waals surface area contributed by atoms with Crippen LogP contribution in [0.25, 0.3) is 0 Å². The summed E-state index contributed by atoms with van der Waals surface area (Å²) < 4.78 is 5.23. The lowest BCUT2D eigenvalue weighted by molar-refractivity contribution is -0.123. The van der Waals surface area contributed by atoms with Crippen molar-refractivity contribution in [3.63, 3.8) is 0 Å². The van der Waals surface area contributed by atoms with Gasteiger partial charge in [-0.1, -0.05) is 6.92 Å². The van der Waals surface area contributed by atoms with Crippen LogP contribution in [0.3, 0.4) is 0 Å². The summed E-state index contributed by atoms with van der Waals surface area (Å²) in [6, 6.07) is 8.50. The minimum absolute atomic E-state index is 0.109. The number of amides is 1. The second-order valence-electron chi connectivity index (χ2n) is 3.79. The Bertz CT molecular complexity index is 423. The number of ether oxygens (including phenoxy) is 1. The van der Waals surface area contributed by atoms with Gasteiger partial charge in [0.05, 0.1) is 17.7 Å². The highest BCUT2D eigenvalue weighted by Gasteiger charge is 2.05. The van der Waals surface area contributed by atoms with Crippen molar-refractivity contribution >= 4 is 5.91 Å². The Morgan fingerprint density at radius 3 is 2.72 bits per heavy atom. The van der Waals surface area contributed by atoms with Crippen LogP contribution in [0.4, 0.5) is 0 Å². The SMILES string of the molecule is CCC(O)CNC(=O)COc1ccc(C#N)cc1. The molecule has 0 aromatic heterocycles. The number of aliphatic hydroxyl groups is 1. The molecule has 0 saturated carbocycles. The van der Waals surface area contributed by atoms with E-state index < -0.39 is 6.10 Å². The van der Waals surface area contributed by atoms with E-state index in [9.17, 15) is 9.90 Å². The molecule has 1 rings (SSSR count). The van der Waals surface area contributed by atoms with Crippen molar-refractivity contribution in [2.75, 3.05) is 13.2 Å². The van der Waals surface area contributed by atoms with Gasteiger partial charge < -0.3 is 15.2 Å². The van der Waals surface area contributed by atoms with Gasteiger partial charge >= 0.3 is 0 Å². The van der Waals surface area contributed by atoms with Crippen LogP contribution in [-0.4, -0.2) is 30.3 Å². The molecule has 0 radical (unpaired) electrons. The van der Waals surface area contributed by atoms with Crippen molar-refractivity contribution in [2.24, 2.45) is 0 Å². The smallest absolute Gasteiger partial charge is 0.258 e. The van der Waals surface area contributed by atoms with Crippen molar-refractivity contribution in [1.82, 2.24) is 5.32 Å². The number of rotatable bonds is 6. The number of benzene rings is 1. The molecule has 1 aromatic carbocycles. The van der Waals surface area contributed by atoms with E-state index in [-0.39, 0.29) is 19.1 Å². The van der Waals surface area contributed by atoms with Crippen molar-refractivity contribution in [1.29, 1.82) is 5.26 Å². The van der Waals surface area contributed by atoms with Gasteiger partial charge in [-0.05, 0) is 30.7 Å². The molecular weight excluding hydrogens is 232 g/mol. The summed E-state index contributed by atoms with van der Waals surface area (Å²) in [5, 5.41) is 20.4. The van der Waals surface area contributed by atoms with E-state index in [0.717, 1.165) is 0 Å². The van der Waals surface area contributed by atoms with Gasteiger partial charge in [-0.15, -0.1) is 0 Å². The zero-order chi connectivity index (χ0) is 13.4. The van der Waals surface area contributed by atoms with Crippen LogP contribution < -0.4 is 10.1 Å². The van der Waals surface area contributed by atoms with Gasteiger partial charge in [-0.25, -0.2) is 0 Å². The number of aliphatic hydroxyl groups excluding tert-OH is 1. The van der Waals surface area contributed by atoms with E-state index in [4.69, 9.17) is 10.00 Å². The highest BCUT2D eigenvalue weighted by atomic mass is 16.5. The Balaban J connectivity index is 2.31. The normalized spacial score (nSPS) is 11.4. The standard InChI is InChI=1S/C13H16N2O3/c1-2-11(16)8-15-13(17)9-18-12-5-3-10(7-14)4-6-12/h3-6,11,16H,2,8-9H2,1H3,(H,15,17). The molecule has 1 unspecified atom stereocenters. The second-order valence-corrected chi connectivity index (χ2v) is 3.79. The van der Waals surface area contributed by atoms with Crippen LogP contribution in [0.15, 0.2) is 24.3 Å². The molecule has 1 atom stereocenters. The molecule has 18 heavy (non-hydrogen) atoms. The number of nitrogens with one attached hydrogen (secondary N) is 1. The van der Waals surface area contributed by atoms with Gasteiger partial charge in [-0.3, -0.25) is 4.79 Å². The summed E-state index contributed by atoms with van der Waals surface area (Å²) in [4.78, 5) is 11.4. The molecule has 1 aromatic rings. The first-order valence-electron chi connectivity index (χ1n) is 5.73. The zero-order valence-electron chi connectivity index (χ0n) is 10.2. The Kier molecular flexibility index (Phi) is 5.68. The van der Waals surface area contributed by atoms with Crippen molar-refractivity contribution in [2.45, 2.75) is 19.4 Å². The number of nitriles is 1. The lowest BCUT2D eigenvalue weighted by atomic mass is 10.2. The monoisotopic (exact) mass is 248 g/mol. The molecule has 0 spiro atoms. The Morgan fingerprint density at radius 2 is 2.17 bits per heavy atom. The van der Waals surface area contributed by atoms with Gasteiger partial charge in [0.25, 0.3) is 5.91 Å². The zero-order valence-corrected chi connectivity index (χ0v) is 10.2. The molecule has 0 aliphatic heterocycles. The molecule has 1 amide bonds. The third kappa shape index (κ3) is 4.85. The summed E-state index contributed by atoms with van der Waals surface area (Å²) >= 11 is 0. The third-order valence-corrected chi connectivity index (χ3v) is 2.36. The molecule has 2 N–H and O–H groups in total. The molecule has 0 fully saturated rings. The van der Waals surface area contributed by atoms with Gasteiger partial charge in [0, 0.05) is 6.54 Å². The highest BCUT2D eigenvalue weighted by Crippen LogP contribution is 2.11. The first kappa shape index (κ1) is 14.0. The molecule has 0 heterocycles. The van der Waals surface area contributed by atoms with E-state index in [0.29, 0.717) is 17.7 Å². The first-order valence-corrected chi connectivity index (χ1v) is 5.73. The van der Waals surface area contributed by atoms with E-state index >= 15 is 0 Å². The minimum atomic E-state index is -0.524. The molecular formula is C13H16N2O3. The van der Waals surface area contributed by atoms with E-state index in [1.54, 1.807) is 24.3 Å². The van der Waals surface area contributed by atoms with Crippen LogP contribution in [0.1, 0.15) is 18.9 Å². The average molecular weight is 248 g/mol. The summed E-state index contributed by atoms with van der Waals surface area (Å²) in [5.74, 6) is 0.243. The maximum atomic E-state index is 11.4. The van der Waals surface area contributed by atoms with E-state index in [2.05, 4.69) is 5.32 Å². The minimum Gasteiger partial charge on any atom is -0.484 e. The maximum Gasteiger partial charge on any atom is 0.258 e. The largest absolute Gasteiger partial charge is 0.484 e. The summed E-state index contributed by atoms with van der Waals surface area (Å²) in [7, 11) is 0. The average Bonchev–Trinajstić information content (AvgIpc) is 2.42. The van der Waals surface area contributed by atoms with Gasteiger partial charge in [0.1, 0.15) is 5.75 Å². The second kappa shape index (κ2) is 7.30. The number of carbonyl (C=O) groups is 1. The molecule has 0 aliphatic rings. The maximum absolute atomic E-state index is 11.4. The number of carbonyl (C=O) groups excluding carboxylic acids is 1. The van der Waals surface area contributed by atoms with E-state index in [1.807, 2.05) is 13.0 Å². The fourth-order valence-corrected chi connectivity index (χ4v) is 1.20. The predicted octanol–water partition coefficient (Wildman–Crippen LogP) is 0.824. The molecule has 5 nitrogen and oxygen atoms in total. The van der Waals surface area contributed by atoms with Crippen LogP contribution in [0, 0.1) is 11.3 Å². The fourth-order valence-electron chi connectivity index (χ4n) is 1.20. The number of nitrogens with zero attached hydrogens (tertiary/aromatic N) is 1. The quantitative estimate of drug-likeness (QED) is 0.781. The van der Waals surface area contributed by atoms with Gasteiger partial charge in [-0.2, -0.15) is 5.26 Å². The molecule has 0 aliphatic carbocycles. The summed E-state index contributed by atoms with van der Waals surface area (Å²) in [6.07, 6.45) is 0.0698. The molecule has 0 bridgehead atoms. The molecule has 5 heteroatoms. The van der Waals surface area contributed by atoms with Crippen LogP contribution in [0.5, 0.6) is 5.75 Å². The topological polar surface area (TPSA) is 82.3 Å². The van der Waals surface area contributed by atoms with Crippen molar-refractivity contribution in [3.8, 4) is 11.8 Å². The fraction of sp³-hybridized carbons (Fsp3) is 0.385. The van der Waals surface area contributed by atoms with Crippen LogP contribution in [0.2, 0.25) is 0 Å². The van der Waals surface area contributed by atoms with Crippen molar-refractivity contribution in [3.05, 3.63) is 29.8 Å². The van der Waals surface area contributed by atoms with Gasteiger partial charge in [0.15, 0.2) is 6.61 Å². The Hall–Kier alpha value is -2.06.